The number of aromatic nitrogens is 2. The topological polar surface area (TPSA) is 46.6 Å². The lowest BCUT2D eigenvalue weighted by Crippen LogP contribution is -2.19. The van der Waals surface area contributed by atoms with Crippen molar-refractivity contribution in [3.63, 3.8) is 0 Å². The van der Waals surface area contributed by atoms with Crippen LogP contribution < -0.4 is 5.73 Å². The summed E-state index contributed by atoms with van der Waals surface area (Å²) in [5.74, 6) is 0.564. The van der Waals surface area contributed by atoms with Crippen molar-refractivity contribution < 1.29 is 0 Å². The largest absolute Gasteiger partial charge is 0.396 e. The number of nitrogens with two attached hydrogens (primary N) is 1. The van der Waals surface area contributed by atoms with Crippen molar-refractivity contribution in [2.45, 2.75) is 19.3 Å². The molecule has 2 N–H and O–H groups in total. The molecule has 0 amide bonds. The summed E-state index contributed by atoms with van der Waals surface area (Å²) in [7, 11) is 0. The second kappa shape index (κ2) is 4.04. The lowest BCUT2D eigenvalue weighted by Gasteiger charge is -2.11. The Kier molecular flexibility index (Phi) is 2.52. The summed E-state index contributed by atoms with van der Waals surface area (Å²) in [6.45, 7) is 5.65. The zero-order valence-electron chi connectivity index (χ0n) is 10.1. The van der Waals surface area contributed by atoms with E-state index in [1.807, 2.05) is 22.7 Å². The van der Waals surface area contributed by atoms with Gasteiger partial charge in [0, 0.05) is 24.9 Å². The average molecular weight is 230 g/mol. The van der Waals surface area contributed by atoms with Crippen LogP contribution in [0.2, 0.25) is 0 Å². The second-order valence-electron chi connectivity index (χ2n) is 4.74. The van der Waals surface area contributed by atoms with Gasteiger partial charge in [-0.15, -0.1) is 0 Å². The van der Waals surface area contributed by atoms with E-state index < -0.39 is 0 Å². The highest BCUT2D eigenvalue weighted by molar-refractivity contribution is 5.64. The Morgan fingerprint density at radius 2 is 2.41 bits per heavy atom. The van der Waals surface area contributed by atoms with Gasteiger partial charge < -0.3 is 15.0 Å². The minimum atomic E-state index is 0.564. The van der Waals surface area contributed by atoms with Crippen LogP contribution in [0.4, 0.5) is 5.69 Å². The standard InChI is InChI=1S/C13H18N4/c1-2-16-7-5-10(8-16)12-9-17-6-3-4-11(14)13(17)15-12/h3-4,6,9-10H,2,5,7-8,14H2,1H3. The molecule has 1 saturated heterocycles. The van der Waals surface area contributed by atoms with Crippen LogP contribution in [0, 0.1) is 0 Å². The Morgan fingerprint density at radius 1 is 1.53 bits per heavy atom. The van der Waals surface area contributed by atoms with Crippen LogP contribution in [-0.4, -0.2) is 33.9 Å². The Balaban J connectivity index is 1.94. The van der Waals surface area contributed by atoms with Crippen LogP contribution in [0.5, 0.6) is 0 Å². The normalized spacial score (nSPS) is 21.4. The lowest BCUT2D eigenvalue weighted by atomic mass is 10.1. The Morgan fingerprint density at radius 3 is 3.12 bits per heavy atom. The van der Waals surface area contributed by atoms with Gasteiger partial charge in [0.2, 0.25) is 0 Å². The smallest absolute Gasteiger partial charge is 0.160 e. The van der Waals surface area contributed by atoms with Gasteiger partial charge in [0.15, 0.2) is 5.65 Å². The zero-order chi connectivity index (χ0) is 11.8. The van der Waals surface area contributed by atoms with Gasteiger partial charge in [-0.05, 0) is 31.6 Å². The van der Waals surface area contributed by atoms with Crippen LogP contribution in [0.1, 0.15) is 25.0 Å². The molecule has 4 nitrogen and oxygen atoms in total. The molecule has 4 heteroatoms. The molecule has 0 bridgehead atoms. The lowest BCUT2D eigenvalue weighted by molar-refractivity contribution is 0.353. The molecule has 90 valence electrons. The maximum Gasteiger partial charge on any atom is 0.160 e. The van der Waals surface area contributed by atoms with E-state index in [-0.39, 0.29) is 0 Å². The molecule has 0 spiro atoms. The molecule has 0 radical (unpaired) electrons. The number of hydrogen-bond acceptors (Lipinski definition) is 3. The molecule has 1 aliphatic heterocycles. The predicted octanol–water partition coefficient (Wildman–Crippen LogP) is 1.73. The SMILES string of the molecule is CCN1CCC(c2cn3cccc(N)c3n2)C1. The molecule has 2 aromatic heterocycles. The average Bonchev–Trinajstić information content (AvgIpc) is 2.95. The number of hydrogen-bond donors (Lipinski definition) is 1. The summed E-state index contributed by atoms with van der Waals surface area (Å²) in [6, 6.07) is 3.86. The minimum absolute atomic E-state index is 0.564. The molecule has 1 aliphatic rings. The molecule has 3 heterocycles. The van der Waals surface area contributed by atoms with Gasteiger partial charge in [-0.2, -0.15) is 0 Å². The van der Waals surface area contributed by atoms with E-state index in [0.29, 0.717) is 5.92 Å². The number of anilines is 1. The molecular weight excluding hydrogens is 212 g/mol. The highest BCUT2D eigenvalue weighted by Crippen LogP contribution is 2.27. The first-order valence-corrected chi connectivity index (χ1v) is 6.23. The fraction of sp³-hybridized carbons (Fsp3) is 0.462. The number of nitrogen functional groups attached to an aromatic ring is 1. The van der Waals surface area contributed by atoms with E-state index in [1.54, 1.807) is 0 Å². The van der Waals surface area contributed by atoms with Crippen LogP contribution in [0.25, 0.3) is 5.65 Å². The van der Waals surface area contributed by atoms with Gasteiger partial charge in [0.25, 0.3) is 0 Å². The molecule has 0 saturated carbocycles. The van der Waals surface area contributed by atoms with E-state index in [4.69, 9.17) is 5.73 Å². The van der Waals surface area contributed by atoms with Crippen molar-refractivity contribution in [1.82, 2.24) is 14.3 Å². The number of nitrogens with zero attached hydrogens (tertiary/aromatic N) is 3. The Bertz CT molecular complexity index is 531. The molecular formula is C13H18N4. The number of pyridine rings is 1. The van der Waals surface area contributed by atoms with Crippen molar-refractivity contribution in [3.05, 3.63) is 30.2 Å². The summed E-state index contributed by atoms with van der Waals surface area (Å²) in [4.78, 5) is 7.14. The third-order valence-electron chi connectivity index (χ3n) is 3.67. The monoisotopic (exact) mass is 230 g/mol. The highest BCUT2D eigenvalue weighted by atomic mass is 15.1. The number of likely N-dealkylation sites (N-methyl/N-ethyl adjacent to an activating group) is 1. The summed E-state index contributed by atoms with van der Waals surface area (Å²) in [5, 5.41) is 0. The van der Waals surface area contributed by atoms with Crippen LogP contribution in [-0.2, 0) is 0 Å². The highest BCUT2D eigenvalue weighted by Gasteiger charge is 2.24. The summed E-state index contributed by atoms with van der Waals surface area (Å²) in [5.41, 5.74) is 8.75. The van der Waals surface area contributed by atoms with E-state index in [9.17, 15) is 0 Å². The van der Waals surface area contributed by atoms with Crippen LogP contribution >= 0.6 is 0 Å². The third-order valence-corrected chi connectivity index (χ3v) is 3.67. The Hall–Kier alpha value is -1.55. The molecule has 1 unspecified atom stereocenters. The van der Waals surface area contributed by atoms with E-state index in [1.165, 1.54) is 18.7 Å². The maximum atomic E-state index is 5.93. The van der Waals surface area contributed by atoms with Gasteiger partial charge in [0.05, 0.1) is 11.4 Å². The Labute approximate surface area is 101 Å². The van der Waals surface area contributed by atoms with Crippen molar-refractivity contribution in [2.24, 2.45) is 0 Å². The molecule has 17 heavy (non-hydrogen) atoms. The number of fused-ring (bicyclic) bond motifs is 1. The molecule has 1 atom stereocenters. The van der Waals surface area contributed by atoms with E-state index in [0.717, 1.165) is 24.4 Å². The van der Waals surface area contributed by atoms with E-state index in [2.05, 4.69) is 23.0 Å². The number of rotatable bonds is 2. The first-order valence-electron chi connectivity index (χ1n) is 6.23. The molecule has 0 aliphatic carbocycles. The van der Waals surface area contributed by atoms with Gasteiger partial charge in [-0.3, -0.25) is 0 Å². The molecule has 1 fully saturated rings. The first kappa shape index (κ1) is 10.6. The van der Waals surface area contributed by atoms with Crippen molar-refractivity contribution in [3.8, 4) is 0 Å². The maximum absolute atomic E-state index is 5.93. The van der Waals surface area contributed by atoms with Crippen LogP contribution in [0.15, 0.2) is 24.5 Å². The quantitative estimate of drug-likeness (QED) is 0.854. The van der Waals surface area contributed by atoms with E-state index >= 15 is 0 Å². The number of imidazole rings is 1. The summed E-state index contributed by atoms with van der Waals surface area (Å²) in [6.07, 6.45) is 5.34. The minimum Gasteiger partial charge on any atom is -0.396 e. The van der Waals surface area contributed by atoms with Gasteiger partial charge in [-0.1, -0.05) is 6.92 Å². The fourth-order valence-corrected chi connectivity index (χ4v) is 2.61. The number of likely N-dealkylation sites (tertiary alicyclic amines) is 1. The first-order chi connectivity index (χ1) is 8.28. The van der Waals surface area contributed by atoms with Crippen molar-refractivity contribution in [1.29, 1.82) is 0 Å². The third kappa shape index (κ3) is 1.78. The summed E-state index contributed by atoms with van der Waals surface area (Å²) < 4.78 is 2.03. The fourth-order valence-electron chi connectivity index (χ4n) is 2.61. The predicted molar refractivity (Wildman–Crippen MR) is 69.1 cm³/mol. The van der Waals surface area contributed by atoms with Gasteiger partial charge in [0.1, 0.15) is 0 Å². The summed E-state index contributed by atoms with van der Waals surface area (Å²) >= 11 is 0. The molecule has 0 aromatic carbocycles. The molecule has 3 rings (SSSR count). The van der Waals surface area contributed by atoms with Gasteiger partial charge in [-0.25, -0.2) is 4.98 Å². The zero-order valence-corrected chi connectivity index (χ0v) is 10.1. The van der Waals surface area contributed by atoms with Crippen LogP contribution in [0.3, 0.4) is 0 Å². The van der Waals surface area contributed by atoms with Crippen molar-refractivity contribution >= 4 is 11.3 Å². The van der Waals surface area contributed by atoms with Crippen molar-refractivity contribution in [2.75, 3.05) is 25.4 Å². The van der Waals surface area contributed by atoms with Gasteiger partial charge >= 0.3 is 0 Å². The molecule has 2 aromatic rings. The second-order valence-corrected chi connectivity index (χ2v) is 4.74.